The highest BCUT2D eigenvalue weighted by atomic mass is 15.3. The highest BCUT2D eigenvalue weighted by Gasteiger charge is 2.51. The van der Waals surface area contributed by atoms with Gasteiger partial charge in [-0.2, -0.15) is 0 Å². The van der Waals surface area contributed by atoms with E-state index >= 15 is 0 Å². The number of hydrogen-bond donors (Lipinski definition) is 0. The first kappa shape index (κ1) is 47.0. The van der Waals surface area contributed by atoms with E-state index in [2.05, 4.69) is 296 Å². The third-order valence-corrected chi connectivity index (χ3v) is 19.6. The molecule has 394 valence electrons. The lowest BCUT2D eigenvalue weighted by atomic mass is 9.30. The van der Waals surface area contributed by atoms with Gasteiger partial charge in [-0.05, 0) is 192 Å². The van der Waals surface area contributed by atoms with Crippen LogP contribution in [0.4, 0.5) is 91.0 Å². The van der Waals surface area contributed by atoms with Gasteiger partial charge < -0.3 is 29.4 Å². The summed E-state index contributed by atoms with van der Waals surface area (Å²) in [4.78, 5) is 15.7. The van der Waals surface area contributed by atoms with Crippen molar-refractivity contribution in [2.75, 3.05) is 29.4 Å². The Hall–Kier alpha value is -9.65. The van der Waals surface area contributed by atoms with Gasteiger partial charge in [-0.1, -0.05) is 152 Å². The van der Waals surface area contributed by atoms with Crippen LogP contribution in [0.25, 0.3) is 0 Å². The summed E-state index contributed by atoms with van der Waals surface area (Å²) >= 11 is 0. The Morgan fingerprint density at radius 3 is 1.00 bits per heavy atom. The Morgan fingerprint density at radius 1 is 0.265 bits per heavy atom. The molecular formula is C75H58B2N6. The summed E-state index contributed by atoms with van der Waals surface area (Å²) in [7, 11) is 0. The van der Waals surface area contributed by atoms with Crippen LogP contribution in [0.3, 0.4) is 0 Å². The zero-order valence-corrected chi connectivity index (χ0v) is 46.1. The first-order chi connectivity index (χ1) is 41.2. The molecule has 0 amide bonds. The van der Waals surface area contributed by atoms with E-state index in [1.54, 1.807) is 0 Å². The Labute approximate surface area is 486 Å². The molecule has 19 rings (SSSR count). The Balaban J connectivity index is 0.948. The van der Waals surface area contributed by atoms with Gasteiger partial charge >= 0.3 is 0 Å². The molecule has 0 radical (unpaired) electrons. The monoisotopic (exact) mass is 1060 g/mol. The lowest BCUT2D eigenvalue weighted by Gasteiger charge is -2.58. The maximum atomic E-state index is 2.91. The van der Waals surface area contributed by atoms with Gasteiger partial charge in [0.15, 0.2) is 0 Å². The number of para-hydroxylation sites is 8. The van der Waals surface area contributed by atoms with Crippen LogP contribution < -0.4 is 62.2 Å². The number of piperidine rings is 2. The first-order valence-electron chi connectivity index (χ1n) is 30.0. The molecule has 0 spiro atoms. The molecule has 0 aromatic heterocycles. The Morgan fingerprint density at radius 2 is 0.602 bits per heavy atom. The molecule has 0 unspecified atom stereocenters. The molecular weight excluding hydrogens is 1010 g/mol. The predicted molar refractivity (Wildman–Crippen MR) is 349 cm³/mol. The molecule has 2 saturated heterocycles. The van der Waals surface area contributed by atoms with Crippen molar-refractivity contribution in [3.63, 3.8) is 0 Å². The second kappa shape index (κ2) is 18.4. The SMILES string of the molecule is c1ccc(N(c2ccccc2)c2cc3c4c(c2)N(c2ccccc2)c2cc5c(cc2B4c2ccccc2N3c2ccccc2)B2c3ccccc3N(c3ccccc3)c3cc(N4C6CC7CC(C6)CC4C7)cc(c32)N5c2ccccc2)cc1. The molecule has 4 fully saturated rings. The number of rotatable bonds is 8. The second-order valence-corrected chi connectivity index (χ2v) is 24.1. The topological polar surface area (TPSA) is 19.4 Å². The van der Waals surface area contributed by atoms with Gasteiger partial charge in [0.05, 0.1) is 5.69 Å². The average molecular weight is 1060 g/mol. The second-order valence-electron chi connectivity index (χ2n) is 24.1. The quantitative estimate of drug-likeness (QED) is 0.140. The molecule has 8 heteroatoms. The average Bonchev–Trinajstić information content (AvgIpc) is 1.83. The minimum Gasteiger partial charge on any atom is -0.365 e. The first-order valence-corrected chi connectivity index (χ1v) is 30.0. The van der Waals surface area contributed by atoms with Crippen molar-refractivity contribution in [2.24, 2.45) is 11.8 Å². The molecule has 83 heavy (non-hydrogen) atoms. The number of benzene rings is 11. The van der Waals surface area contributed by atoms with Crippen molar-refractivity contribution < 1.29 is 0 Å². The van der Waals surface area contributed by atoms with E-state index in [0.29, 0.717) is 12.1 Å². The fraction of sp³-hybridized carbons (Fsp3) is 0.120. The van der Waals surface area contributed by atoms with Gasteiger partial charge in [0.1, 0.15) is 0 Å². The molecule has 4 bridgehead atoms. The molecule has 2 saturated carbocycles. The molecule has 0 atom stereocenters. The molecule has 8 aliphatic rings. The maximum absolute atomic E-state index is 2.91. The van der Waals surface area contributed by atoms with Crippen molar-refractivity contribution in [1.82, 2.24) is 0 Å². The Bertz CT molecular complexity index is 4270. The zero-order valence-electron chi connectivity index (χ0n) is 46.1. The van der Waals surface area contributed by atoms with Crippen molar-refractivity contribution in [1.29, 1.82) is 0 Å². The maximum Gasteiger partial charge on any atom is 0.252 e. The summed E-state index contributed by atoms with van der Waals surface area (Å²) in [6.45, 7) is -0.164. The fourth-order valence-corrected chi connectivity index (χ4v) is 16.6. The van der Waals surface area contributed by atoms with Crippen molar-refractivity contribution in [3.05, 3.63) is 267 Å². The molecule has 6 aliphatic heterocycles. The highest BCUT2D eigenvalue weighted by molar-refractivity contribution is 7.03. The summed E-state index contributed by atoms with van der Waals surface area (Å²) in [5.41, 5.74) is 26.8. The van der Waals surface area contributed by atoms with Crippen molar-refractivity contribution in [2.45, 2.75) is 44.2 Å². The van der Waals surface area contributed by atoms with Crippen LogP contribution in [-0.4, -0.2) is 25.5 Å². The summed E-state index contributed by atoms with van der Waals surface area (Å²) in [5.74, 6) is 1.70. The van der Waals surface area contributed by atoms with Gasteiger partial charge in [-0.25, -0.2) is 0 Å². The van der Waals surface area contributed by atoms with Crippen LogP contribution in [0.1, 0.15) is 32.1 Å². The zero-order chi connectivity index (χ0) is 54.3. The molecule has 2 aliphatic carbocycles. The minimum absolute atomic E-state index is 0.0580. The number of anilines is 16. The fourth-order valence-electron chi connectivity index (χ4n) is 16.6. The lowest BCUT2D eigenvalue weighted by Crippen LogP contribution is -2.65. The van der Waals surface area contributed by atoms with Gasteiger partial charge in [0.2, 0.25) is 0 Å². The predicted octanol–water partition coefficient (Wildman–Crippen LogP) is 15.1. The molecule has 6 heterocycles. The van der Waals surface area contributed by atoms with E-state index in [9.17, 15) is 0 Å². The van der Waals surface area contributed by atoms with Crippen LogP contribution in [0.5, 0.6) is 0 Å². The smallest absolute Gasteiger partial charge is 0.252 e. The summed E-state index contributed by atoms with van der Waals surface area (Å²) in [5, 5.41) is 0. The molecule has 11 aromatic rings. The van der Waals surface area contributed by atoms with Crippen LogP contribution in [0.15, 0.2) is 267 Å². The van der Waals surface area contributed by atoms with Crippen LogP contribution in [-0.2, 0) is 0 Å². The largest absolute Gasteiger partial charge is 0.365 e. The number of nitrogens with zero attached hydrogens (tertiary/aromatic N) is 6. The van der Waals surface area contributed by atoms with Gasteiger partial charge in [0.25, 0.3) is 13.4 Å². The molecule has 0 N–H and O–H groups in total. The number of fused-ring (bicyclic) bond motifs is 8. The number of hydrogen-bond acceptors (Lipinski definition) is 6. The summed E-state index contributed by atoms with van der Waals surface area (Å²) < 4.78 is 0. The highest BCUT2D eigenvalue weighted by Crippen LogP contribution is 2.55. The van der Waals surface area contributed by atoms with Gasteiger partial charge in [-0.15, -0.1) is 0 Å². The van der Waals surface area contributed by atoms with Crippen molar-refractivity contribution >= 4 is 137 Å². The van der Waals surface area contributed by atoms with Crippen molar-refractivity contribution in [3.8, 4) is 0 Å². The summed E-state index contributed by atoms with van der Waals surface area (Å²) in [6, 6.07) is 101. The normalized spacial score (nSPS) is 18.9. The lowest BCUT2D eigenvalue weighted by molar-refractivity contribution is 0.0900. The van der Waals surface area contributed by atoms with Crippen LogP contribution in [0, 0.1) is 11.8 Å². The van der Waals surface area contributed by atoms with Crippen LogP contribution >= 0.6 is 0 Å². The van der Waals surface area contributed by atoms with Crippen LogP contribution in [0.2, 0.25) is 0 Å². The van der Waals surface area contributed by atoms with E-state index in [0.717, 1.165) is 51.6 Å². The third-order valence-electron chi connectivity index (χ3n) is 19.6. The van der Waals surface area contributed by atoms with Gasteiger partial charge in [-0.3, -0.25) is 0 Å². The van der Waals surface area contributed by atoms with Gasteiger partial charge in [0, 0.05) is 97.4 Å². The standard InChI is InChI=1S/C75H58B2N6/c1-7-23-52(24-8-1)78(53-25-9-2-10-26-53)60-44-70-74-72(45-60)82(56-31-15-5-16-32-56)68-49-69-65(48-64(68)76(74)62-35-19-21-37-66(62)80(70)54-27-11-3-12-28-54)77-63-36-20-22-38-67(63)81(55-29-13-4-14-30-55)71-46-61(79-58-40-50-39-51(42-58)43-59(79)41-50)47-73(75(71)77)83(69)57-33-17-6-18-34-57/h1-38,44-51,58-59H,39-43H2. The third kappa shape index (κ3) is 7.11. The molecule has 11 aromatic carbocycles. The van der Waals surface area contributed by atoms with E-state index < -0.39 is 0 Å². The Kier molecular flexibility index (Phi) is 10.4. The minimum atomic E-state index is -0.106. The summed E-state index contributed by atoms with van der Waals surface area (Å²) in [6.07, 6.45) is 6.61. The van der Waals surface area contributed by atoms with E-state index in [1.165, 1.54) is 116 Å². The van der Waals surface area contributed by atoms with E-state index in [1.807, 2.05) is 0 Å². The molecule has 6 nitrogen and oxygen atoms in total. The van der Waals surface area contributed by atoms with E-state index in [-0.39, 0.29) is 13.4 Å². The van der Waals surface area contributed by atoms with E-state index in [4.69, 9.17) is 0 Å².